The summed E-state index contributed by atoms with van der Waals surface area (Å²) >= 11 is 11.8. The van der Waals surface area contributed by atoms with Crippen LogP contribution >= 0.6 is 23.2 Å². The van der Waals surface area contributed by atoms with E-state index < -0.39 is 5.97 Å². The highest BCUT2D eigenvalue weighted by Gasteiger charge is 2.14. The molecule has 0 aliphatic carbocycles. The van der Waals surface area contributed by atoms with Crippen LogP contribution in [0.2, 0.25) is 10.0 Å². The molecule has 1 aromatic rings. The minimum atomic E-state index is -1.13. The molecule has 7 heteroatoms. The number of carboxylic acid groups (broad SMARTS) is 1. The zero-order valence-corrected chi connectivity index (χ0v) is 11.6. The number of carboxylic acids is 1. The van der Waals surface area contributed by atoms with Gasteiger partial charge >= 0.3 is 5.97 Å². The highest BCUT2D eigenvalue weighted by Crippen LogP contribution is 2.32. The Morgan fingerprint density at radius 3 is 2.26 bits per heavy atom. The van der Waals surface area contributed by atoms with E-state index in [2.05, 4.69) is 5.32 Å². The molecule has 0 aliphatic rings. The molecule has 19 heavy (non-hydrogen) atoms. The lowest BCUT2D eigenvalue weighted by atomic mass is 10.2. The fraction of sp³-hybridized carbons (Fsp3) is 0.333. The first-order valence-corrected chi connectivity index (χ1v) is 6.43. The molecular weight excluding hydrogens is 291 g/mol. The average Bonchev–Trinajstić information content (AvgIpc) is 2.33. The van der Waals surface area contributed by atoms with Gasteiger partial charge in [-0.3, -0.25) is 4.79 Å². The van der Waals surface area contributed by atoms with Gasteiger partial charge < -0.3 is 16.2 Å². The third-order valence-electron chi connectivity index (χ3n) is 2.41. The Hall–Kier alpha value is -1.30. The van der Waals surface area contributed by atoms with Crippen LogP contribution in [0.3, 0.4) is 0 Å². The Kier molecular flexibility index (Phi) is 6.08. The first-order chi connectivity index (χ1) is 8.95. The summed E-state index contributed by atoms with van der Waals surface area (Å²) in [5.41, 5.74) is 5.53. The van der Waals surface area contributed by atoms with Gasteiger partial charge in [0.1, 0.15) is 0 Å². The van der Waals surface area contributed by atoms with Gasteiger partial charge in [0.15, 0.2) is 0 Å². The van der Waals surface area contributed by atoms with Gasteiger partial charge in [-0.05, 0) is 31.5 Å². The molecule has 1 rings (SSSR count). The van der Waals surface area contributed by atoms with Gasteiger partial charge in [0.25, 0.3) is 0 Å². The van der Waals surface area contributed by atoms with Crippen LogP contribution in [0.5, 0.6) is 0 Å². The van der Waals surface area contributed by atoms with E-state index in [0.717, 1.165) is 6.42 Å². The molecule has 0 unspecified atom stereocenters. The van der Waals surface area contributed by atoms with Crippen molar-refractivity contribution in [3.8, 4) is 0 Å². The molecule has 0 saturated heterocycles. The maximum absolute atomic E-state index is 11.6. The molecule has 4 N–H and O–H groups in total. The third kappa shape index (κ3) is 4.70. The van der Waals surface area contributed by atoms with Crippen molar-refractivity contribution in [1.82, 2.24) is 0 Å². The quantitative estimate of drug-likeness (QED) is 0.705. The summed E-state index contributed by atoms with van der Waals surface area (Å²) in [5.74, 6) is -1.37. The molecule has 0 spiro atoms. The summed E-state index contributed by atoms with van der Waals surface area (Å²) in [5, 5.41) is 11.6. The summed E-state index contributed by atoms with van der Waals surface area (Å²) in [6.45, 7) is 0.530. The van der Waals surface area contributed by atoms with Crippen molar-refractivity contribution in [3.63, 3.8) is 0 Å². The Labute approximate surface area is 120 Å². The number of benzene rings is 1. The first kappa shape index (κ1) is 15.8. The Balaban J connectivity index is 2.79. The van der Waals surface area contributed by atoms with Crippen molar-refractivity contribution < 1.29 is 14.7 Å². The maximum atomic E-state index is 11.6. The predicted molar refractivity (Wildman–Crippen MR) is 75.0 cm³/mol. The number of carbonyl (C=O) groups is 2. The van der Waals surface area contributed by atoms with Crippen molar-refractivity contribution in [1.29, 1.82) is 0 Å². The summed E-state index contributed by atoms with van der Waals surface area (Å²) in [6, 6.07) is 2.48. The molecule has 104 valence electrons. The SMILES string of the molecule is NCCCCC(=O)Nc1c(Cl)cc(C(=O)O)cc1Cl. The maximum Gasteiger partial charge on any atom is 0.335 e. The number of hydrogen-bond donors (Lipinski definition) is 3. The number of anilines is 1. The van der Waals surface area contributed by atoms with E-state index in [1.165, 1.54) is 12.1 Å². The first-order valence-electron chi connectivity index (χ1n) is 5.68. The fourth-order valence-corrected chi connectivity index (χ4v) is 2.03. The standard InChI is InChI=1S/C12H14Cl2N2O3/c13-8-5-7(12(18)19)6-9(14)11(8)16-10(17)3-1-2-4-15/h5-6H,1-4,15H2,(H,16,17)(H,18,19). The molecule has 0 radical (unpaired) electrons. The third-order valence-corrected chi connectivity index (χ3v) is 3.01. The average molecular weight is 305 g/mol. The van der Waals surface area contributed by atoms with Crippen LogP contribution in [0.4, 0.5) is 5.69 Å². The number of halogens is 2. The number of rotatable bonds is 6. The van der Waals surface area contributed by atoms with Gasteiger partial charge in [0.05, 0.1) is 21.3 Å². The number of nitrogens with one attached hydrogen (secondary N) is 1. The van der Waals surface area contributed by atoms with Gasteiger partial charge in [-0.25, -0.2) is 4.79 Å². The van der Waals surface area contributed by atoms with Crippen LogP contribution in [0.15, 0.2) is 12.1 Å². The lowest BCUT2D eigenvalue weighted by Crippen LogP contribution is -2.13. The largest absolute Gasteiger partial charge is 0.478 e. The topological polar surface area (TPSA) is 92.4 Å². The van der Waals surface area contributed by atoms with Crippen LogP contribution in [-0.2, 0) is 4.79 Å². The van der Waals surface area contributed by atoms with E-state index in [0.29, 0.717) is 19.4 Å². The Bertz CT molecular complexity index is 469. The predicted octanol–water partition coefficient (Wildman–Crippen LogP) is 2.76. The molecule has 0 aliphatic heterocycles. The van der Waals surface area contributed by atoms with Crippen LogP contribution in [0.25, 0.3) is 0 Å². The molecule has 5 nitrogen and oxygen atoms in total. The lowest BCUT2D eigenvalue weighted by Gasteiger charge is -2.10. The summed E-state index contributed by atoms with van der Waals surface area (Å²) in [6.07, 6.45) is 1.74. The van der Waals surface area contributed by atoms with Gasteiger partial charge in [0.2, 0.25) is 5.91 Å². The molecule has 1 amide bonds. The molecule has 0 atom stereocenters. The van der Waals surface area contributed by atoms with Crippen LogP contribution in [-0.4, -0.2) is 23.5 Å². The number of aromatic carboxylic acids is 1. The zero-order chi connectivity index (χ0) is 14.4. The van der Waals surface area contributed by atoms with E-state index in [1.54, 1.807) is 0 Å². The lowest BCUT2D eigenvalue weighted by molar-refractivity contribution is -0.116. The van der Waals surface area contributed by atoms with Gasteiger partial charge in [-0.1, -0.05) is 23.2 Å². The second-order valence-corrected chi connectivity index (χ2v) is 4.73. The highest BCUT2D eigenvalue weighted by molar-refractivity contribution is 6.40. The zero-order valence-electron chi connectivity index (χ0n) is 10.1. The number of carbonyl (C=O) groups excluding carboxylic acids is 1. The van der Waals surface area contributed by atoms with Crippen LogP contribution < -0.4 is 11.1 Å². The molecule has 0 fully saturated rings. The number of unbranched alkanes of at least 4 members (excludes halogenated alkanes) is 1. The van der Waals surface area contributed by atoms with Crippen molar-refractivity contribution >= 4 is 40.8 Å². The minimum absolute atomic E-state index is 0.0314. The molecule has 0 bridgehead atoms. The smallest absolute Gasteiger partial charge is 0.335 e. The van der Waals surface area contributed by atoms with E-state index in [4.69, 9.17) is 34.0 Å². The molecule has 0 aromatic heterocycles. The highest BCUT2D eigenvalue weighted by atomic mass is 35.5. The molecule has 1 aromatic carbocycles. The van der Waals surface area contributed by atoms with Crippen molar-refractivity contribution in [2.24, 2.45) is 5.73 Å². The molecule has 0 saturated carbocycles. The minimum Gasteiger partial charge on any atom is -0.478 e. The molecular formula is C12H14Cl2N2O3. The normalized spacial score (nSPS) is 10.3. The fourth-order valence-electron chi connectivity index (χ4n) is 1.45. The van der Waals surface area contributed by atoms with Crippen molar-refractivity contribution in [2.45, 2.75) is 19.3 Å². The number of amides is 1. The van der Waals surface area contributed by atoms with Gasteiger partial charge in [-0.15, -0.1) is 0 Å². The summed E-state index contributed by atoms with van der Waals surface area (Å²) in [4.78, 5) is 22.4. The van der Waals surface area contributed by atoms with Crippen molar-refractivity contribution in [2.75, 3.05) is 11.9 Å². The van der Waals surface area contributed by atoms with E-state index in [9.17, 15) is 9.59 Å². The van der Waals surface area contributed by atoms with Gasteiger partial charge in [0, 0.05) is 6.42 Å². The second kappa shape index (κ2) is 7.33. The van der Waals surface area contributed by atoms with Crippen molar-refractivity contribution in [3.05, 3.63) is 27.7 Å². The summed E-state index contributed by atoms with van der Waals surface area (Å²) in [7, 11) is 0. The Morgan fingerprint density at radius 1 is 1.21 bits per heavy atom. The number of hydrogen-bond acceptors (Lipinski definition) is 3. The number of nitrogens with two attached hydrogens (primary N) is 1. The van der Waals surface area contributed by atoms with E-state index in [-0.39, 0.29) is 27.2 Å². The monoisotopic (exact) mass is 304 g/mol. The Morgan fingerprint density at radius 2 is 1.79 bits per heavy atom. The van der Waals surface area contributed by atoms with Crippen LogP contribution in [0.1, 0.15) is 29.6 Å². The second-order valence-electron chi connectivity index (χ2n) is 3.91. The molecule has 0 heterocycles. The van der Waals surface area contributed by atoms with Crippen LogP contribution in [0, 0.1) is 0 Å². The summed E-state index contributed by atoms with van der Waals surface area (Å²) < 4.78 is 0. The van der Waals surface area contributed by atoms with E-state index in [1.807, 2.05) is 0 Å². The van der Waals surface area contributed by atoms with Gasteiger partial charge in [-0.2, -0.15) is 0 Å². The van der Waals surface area contributed by atoms with E-state index >= 15 is 0 Å².